The number of anilines is 1. The number of aliphatic hydroxyl groups is 1. The van der Waals surface area contributed by atoms with Gasteiger partial charge in [0, 0.05) is 24.2 Å². The van der Waals surface area contributed by atoms with E-state index in [1.807, 2.05) is 59.3 Å². The van der Waals surface area contributed by atoms with E-state index in [9.17, 15) is 5.11 Å². The molecule has 7 nitrogen and oxygen atoms in total. The van der Waals surface area contributed by atoms with Crippen molar-refractivity contribution in [3.05, 3.63) is 78.8 Å². The topological polar surface area (TPSA) is 99.1 Å². The van der Waals surface area contributed by atoms with E-state index in [1.54, 1.807) is 25.6 Å². The number of nitrogens with two attached hydrogens (primary N) is 1. The number of aliphatic hydroxyl groups excluding tert-OH is 1. The summed E-state index contributed by atoms with van der Waals surface area (Å²) in [5.41, 5.74) is 8.40. The zero-order valence-electron chi connectivity index (χ0n) is 15.9. The zero-order valence-corrected chi connectivity index (χ0v) is 15.9. The molecule has 0 aliphatic carbocycles. The van der Waals surface area contributed by atoms with Crippen LogP contribution in [0.3, 0.4) is 0 Å². The van der Waals surface area contributed by atoms with Gasteiger partial charge in [0.1, 0.15) is 17.4 Å². The molecule has 0 aliphatic rings. The fourth-order valence-electron chi connectivity index (χ4n) is 3.34. The van der Waals surface area contributed by atoms with Gasteiger partial charge in [-0.1, -0.05) is 30.3 Å². The number of nitrogen functional groups attached to an aromatic ring is 1. The Kier molecular flexibility index (Phi) is 5.22. The van der Waals surface area contributed by atoms with Crippen LogP contribution in [0.2, 0.25) is 0 Å². The lowest BCUT2D eigenvalue weighted by molar-refractivity contribution is 0.250. The molecule has 2 heterocycles. The van der Waals surface area contributed by atoms with Crippen LogP contribution in [0.5, 0.6) is 5.75 Å². The molecule has 0 unspecified atom stereocenters. The fourth-order valence-corrected chi connectivity index (χ4v) is 3.34. The lowest BCUT2D eigenvalue weighted by Crippen LogP contribution is -2.15. The van der Waals surface area contributed by atoms with Crippen LogP contribution in [0.1, 0.15) is 11.6 Å². The zero-order chi connectivity index (χ0) is 20.2. The van der Waals surface area contributed by atoms with Crippen molar-refractivity contribution in [3.8, 4) is 28.5 Å². The molecule has 7 heteroatoms. The number of imidazole rings is 1. The highest BCUT2D eigenvalue weighted by molar-refractivity contribution is 5.72. The van der Waals surface area contributed by atoms with Crippen molar-refractivity contribution in [2.75, 3.05) is 19.5 Å². The third kappa shape index (κ3) is 3.68. The Morgan fingerprint density at radius 2 is 1.90 bits per heavy atom. The molecule has 3 N–H and O–H groups in total. The fraction of sp³-hybridized carbons (Fsp3) is 0.136. The molecule has 0 bridgehead atoms. The van der Waals surface area contributed by atoms with Gasteiger partial charge in [0.05, 0.1) is 25.3 Å². The molecule has 0 radical (unpaired) electrons. The van der Waals surface area contributed by atoms with Crippen molar-refractivity contribution in [2.45, 2.75) is 6.04 Å². The minimum absolute atomic E-state index is 0.0469. The molecule has 0 saturated heterocycles. The van der Waals surface area contributed by atoms with E-state index in [2.05, 4.69) is 15.0 Å². The number of aromatic nitrogens is 4. The van der Waals surface area contributed by atoms with Gasteiger partial charge in [-0.25, -0.2) is 15.0 Å². The van der Waals surface area contributed by atoms with Crippen LogP contribution >= 0.6 is 0 Å². The molecule has 0 aliphatic heterocycles. The van der Waals surface area contributed by atoms with Crippen LogP contribution in [-0.4, -0.2) is 38.3 Å². The van der Waals surface area contributed by atoms with E-state index in [0.717, 1.165) is 17.0 Å². The van der Waals surface area contributed by atoms with Crippen LogP contribution in [0.15, 0.2) is 73.2 Å². The maximum absolute atomic E-state index is 10.1. The van der Waals surface area contributed by atoms with Crippen molar-refractivity contribution in [2.24, 2.45) is 0 Å². The summed E-state index contributed by atoms with van der Waals surface area (Å²) < 4.78 is 7.45. The standard InChI is InChI=1S/C22H21N5O2/c1-29-19-8-7-16(13-17(19)21-24-10-9-20(23)26-21)22-25-11-12-27(22)18(14-28)15-5-3-2-4-6-15/h2-13,18,28H,14H2,1H3,(H2,23,24,26)/t18-/m1/s1. The average Bonchev–Trinajstić information content (AvgIpc) is 3.24. The van der Waals surface area contributed by atoms with Gasteiger partial charge in [0.15, 0.2) is 5.82 Å². The highest BCUT2D eigenvalue weighted by atomic mass is 16.5. The molecule has 4 rings (SSSR count). The largest absolute Gasteiger partial charge is 0.496 e. The number of nitrogens with zero attached hydrogens (tertiary/aromatic N) is 4. The smallest absolute Gasteiger partial charge is 0.165 e. The van der Waals surface area contributed by atoms with Crippen LogP contribution in [-0.2, 0) is 0 Å². The summed E-state index contributed by atoms with van der Waals surface area (Å²) in [4.78, 5) is 13.2. The molecule has 29 heavy (non-hydrogen) atoms. The molecular formula is C22H21N5O2. The minimum Gasteiger partial charge on any atom is -0.496 e. The number of benzene rings is 2. The molecule has 2 aromatic carbocycles. The Morgan fingerprint density at radius 3 is 2.62 bits per heavy atom. The molecule has 4 aromatic rings. The van der Waals surface area contributed by atoms with Crippen molar-refractivity contribution in [1.29, 1.82) is 0 Å². The summed E-state index contributed by atoms with van der Waals surface area (Å²) in [7, 11) is 1.60. The van der Waals surface area contributed by atoms with Crippen LogP contribution < -0.4 is 10.5 Å². The van der Waals surface area contributed by atoms with Gasteiger partial charge in [-0.2, -0.15) is 0 Å². The Bertz CT molecular complexity index is 1110. The number of hydrogen-bond acceptors (Lipinski definition) is 6. The van der Waals surface area contributed by atoms with E-state index in [4.69, 9.17) is 10.5 Å². The Balaban J connectivity index is 1.81. The third-order valence-electron chi connectivity index (χ3n) is 4.74. The van der Waals surface area contributed by atoms with Crippen LogP contribution in [0.25, 0.3) is 22.8 Å². The summed E-state index contributed by atoms with van der Waals surface area (Å²) in [6, 6.07) is 16.9. The average molecular weight is 387 g/mol. The normalized spacial score (nSPS) is 11.9. The van der Waals surface area contributed by atoms with E-state index < -0.39 is 0 Å². The van der Waals surface area contributed by atoms with Gasteiger partial charge < -0.3 is 20.1 Å². The van der Waals surface area contributed by atoms with Gasteiger partial charge in [-0.3, -0.25) is 0 Å². The van der Waals surface area contributed by atoms with Crippen molar-refractivity contribution in [1.82, 2.24) is 19.5 Å². The first-order valence-corrected chi connectivity index (χ1v) is 9.17. The van der Waals surface area contributed by atoms with Gasteiger partial charge in [-0.15, -0.1) is 0 Å². The molecule has 146 valence electrons. The monoisotopic (exact) mass is 387 g/mol. The van der Waals surface area contributed by atoms with Gasteiger partial charge in [0.2, 0.25) is 0 Å². The Labute approximate surface area is 168 Å². The first-order chi connectivity index (χ1) is 14.2. The first kappa shape index (κ1) is 18.6. The lowest BCUT2D eigenvalue weighted by atomic mass is 10.1. The maximum atomic E-state index is 10.1. The summed E-state index contributed by atoms with van der Waals surface area (Å²) in [6.07, 6.45) is 5.20. The molecular weight excluding hydrogens is 366 g/mol. The molecule has 0 saturated carbocycles. The predicted octanol–water partition coefficient (Wildman–Crippen LogP) is 3.18. The van der Waals surface area contributed by atoms with E-state index in [-0.39, 0.29) is 12.6 Å². The SMILES string of the molecule is COc1ccc(-c2nccn2[C@H](CO)c2ccccc2)cc1-c1nccc(N)n1. The van der Waals surface area contributed by atoms with Crippen LogP contribution in [0.4, 0.5) is 5.82 Å². The molecule has 1 atom stereocenters. The Morgan fingerprint density at radius 1 is 1.07 bits per heavy atom. The molecule has 2 aromatic heterocycles. The van der Waals surface area contributed by atoms with Gasteiger partial charge in [0.25, 0.3) is 0 Å². The molecule has 0 spiro atoms. The summed E-state index contributed by atoms with van der Waals surface area (Å²) >= 11 is 0. The van der Waals surface area contributed by atoms with Gasteiger partial charge in [-0.05, 0) is 29.8 Å². The quantitative estimate of drug-likeness (QED) is 0.527. The summed E-state index contributed by atoms with van der Waals surface area (Å²) in [6.45, 7) is -0.0469. The third-order valence-corrected chi connectivity index (χ3v) is 4.74. The summed E-state index contributed by atoms with van der Waals surface area (Å²) in [5, 5.41) is 10.1. The van der Waals surface area contributed by atoms with Crippen molar-refractivity contribution >= 4 is 5.82 Å². The molecule has 0 fully saturated rings. The highest BCUT2D eigenvalue weighted by Crippen LogP contribution is 2.33. The Hall–Kier alpha value is -3.71. The van der Waals surface area contributed by atoms with E-state index in [1.165, 1.54) is 0 Å². The lowest BCUT2D eigenvalue weighted by Gasteiger charge is -2.19. The van der Waals surface area contributed by atoms with Crippen molar-refractivity contribution in [3.63, 3.8) is 0 Å². The highest BCUT2D eigenvalue weighted by Gasteiger charge is 2.19. The van der Waals surface area contributed by atoms with E-state index >= 15 is 0 Å². The number of rotatable bonds is 6. The second-order valence-corrected chi connectivity index (χ2v) is 6.49. The first-order valence-electron chi connectivity index (χ1n) is 9.17. The van der Waals surface area contributed by atoms with E-state index in [0.29, 0.717) is 23.0 Å². The second-order valence-electron chi connectivity index (χ2n) is 6.49. The number of methoxy groups -OCH3 is 1. The molecule has 0 amide bonds. The predicted molar refractivity (Wildman–Crippen MR) is 111 cm³/mol. The van der Waals surface area contributed by atoms with Crippen molar-refractivity contribution < 1.29 is 9.84 Å². The number of ether oxygens (including phenoxy) is 1. The number of hydrogen-bond donors (Lipinski definition) is 2. The van der Waals surface area contributed by atoms with Crippen LogP contribution in [0, 0.1) is 0 Å². The maximum Gasteiger partial charge on any atom is 0.165 e. The van der Waals surface area contributed by atoms with Gasteiger partial charge >= 0.3 is 0 Å². The summed E-state index contributed by atoms with van der Waals surface area (Å²) in [5.74, 6) is 2.22. The second kappa shape index (κ2) is 8.12. The minimum atomic E-state index is -0.247.